The van der Waals surface area contributed by atoms with Crippen molar-refractivity contribution in [1.29, 1.82) is 0 Å². The molecule has 2 aliphatic rings. The number of thioether (sulfide) groups is 1. The second-order valence-electron chi connectivity index (χ2n) is 8.26. The third-order valence-electron chi connectivity index (χ3n) is 6.31. The van der Waals surface area contributed by atoms with Gasteiger partial charge in [0.15, 0.2) is 5.16 Å². The molecule has 0 N–H and O–H groups in total. The fourth-order valence-corrected chi connectivity index (χ4v) is 7.06. The third-order valence-corrected chi connectivity index (χ3v) is 8.67. The molecule has 0 saturated carbocycles. The molecule has 1 aliphatic carbocycles. The van der Waals surface area contributed by atoms with Crippen molar-refractivity contribution in [1.82, 2.24) is 9.55 Å². The molecule has 0 saturated heterocycles. The van der Waals surface area contributed by atoms with Gasteiger partial charge in [0.05, 0.1) is 16.8 Å². The molecule has 0 bridgehead atoms. The molecule has 1 amide bonds. The van der Waals surface area contributed by atoms with E-state index in [1.54, 1.807) is 28.0 Å². The number of fused-ring (bicyclic) bond motifs is 4. The predicted molar refractivity (Wildman–Crippen MR) is 135 cm³/mol. The van der Waals surface area contributed by atoms with Gasteiger partial charge < -0.3 is 4.90 Å². The van der Waals surface area contributed by atoms with Crippen LogP contribution in [0.4, 0.5) is 5.69 Å². The van der Waals surface area contributed by atoms with Crippen LogP contribution in [0.1, 0.15) is 22.4 Å². The molecule has 6 rings (SSSR count). The van der Waals surface area contributed by atoms with Gasteiger partial charge in [-0.15, -0.1) is 11.3 Å². The predicted octanol–water partition coefficient (Wildman–Crippen LogP) is 5.27. The molecule has 3 heterocycles. The molecule has 2 aromatic carbocycles. The minimum absolute atomic E-state index is 0.0237. The topological polar surface area (TPSA) is 55.2 Å². The minimum atomic E-state index is -0.0665. The molecule has 0 spiro atoms. The Balaban J connectivity index is 1.39. The highest BCUT2D eigenvalue weighted by Crippen LogP contribution is 2.36. The van der Waals surface area contributed by atoms with Crippen molar-refractivity contribution in [3.05, 3.63) is 79.9 Å². The van der Waals surface area contributed by atoms with Gasteiger partial charge in [0.2, 0.25) is 5.91 Å². The molecule has 33 heavy (non-hydrogen) atoms. The molecule has 1 aliphatic heterocycles. The zero-order valence-corrected chi connectivity index (χ0v) is 20.1. The number of hydrogen-bond acceptors (Lipinski definition) is 5. The number of aryl methyl sites for hydroxylation is 2. The molecular formula is C25H20ClN3O2S2. The first-order valence-electron chi connectivity index (χ1n) is 10.9. The highest BCUT2D eigenvalue weighted by atomic mass is 35.5. The molecular weight excluding hydrogens is 474 g/mol. The number of para-hydroxylation sites is 1. The Morgan fingerprint density at radius 1 is 1.09 bits per heavy atom. The largest absolute Gasteiger partial charge is 0.311 e. The third kappa shape index (κ3) is 3.59. The normalized spacial score (nSPS) is 14.6. The summed E-state index contributed by atoms with van der Waals surface area (Å²) < 4.78 is 1.64. The lowest BCUT2D eigenvalue weighted by atomic mass is 10.2. The Hall–Kier alpha value is -2.61. The molecule has 2 aromatic heterocycles. The summed E-state index contributed by atoms with van der Waals surface area (Å²) in [7, 11) is 0. The second-order valence-corrected chi connectivity index (χ2v) is 10.7. The van der Waals surface area contributed by atoms with E-state index in [1.165, 1.54) is 22.2 Å². The Bertz CT molecular complexity index is 1460. The second kappa shape index (κ2) is 8.31. The van der Waals surface area contributed by atoms with Crippen LogP contribution in [0.15, 0.2) is 58.5 Å². The number of hydrogen-bond donors (Lipinski definition) is 0. The minimum Gasteiger partial charge on any atom is -0.311 e. The summed E-state index contributed by atoms with van der Waals surface area (Å²) in [6, 6.07) is 15.2. The number of halogens is 1. The van der Waals surface area contributed by atoms with Crippen molar-refractivity contribution in [3.8, 4) is 5.69 Å². The lowest BCUT2D eigenvalue weighted by Gasteiger charge is -2.18. The van der Waals surface area contributed by atoms with Crippen LogP contribution < -0.4 is 10.5 Å². The summed E-state index contributed by atoms with van der Waals surface area (Å²) in [4.78, 5) is 35.6. The van der Waals surface area contributed by atoms with E-state index in [1.807, 2.05) is 35.2 Å². The Labute approximate surface area is 204 Å². The zero-order valence-electron chi connectivity index (χ0n) is 17.7. The van der Waals surface area contributed by atoms with Gasteiger partial charge in [-0.3, -0.25) is 14.2 Å². The molecule has 5 nitrogen and oxygen atoms in total. The first-order valence-corrected chi connectivity index (χ1v) is 13.1. The fraction of sp³-hybridized carbons (Fsp3) is 0.240. The van der Waals surface area contributed by atoms with E-state index in [4.69, 9.17) is 16.6 Å². The monoisotopic (exact) mass is 493 g/mol. The van der Waals surface area contributed by atoms with E-state index < -0.39 is 0 Å². The van der Waals surface area contributed by atoms with Crippen molar-refractivity contribution in [2.75, 3.05) is 17.2 Å². The first-order chi connectivity index (χ1) is 16.1. The van der Waals surface area contributed by atoms with E-state index in [2.05, 4.69) is 6.07 Å². The lowest BCUT2D eigenvalue weighted by molar-refractivity contribution is -0.116. The number of amides is 1. The highest BCUT2D eigenvalue weighted by Gasteiger charge is 2.27. The molecule has 8 heteroatoms. The van der Waals surface area contributed by atoms with Crippen LogP contribution in [-0.4, -0.2) is 27.8 Å². The van der Waals surface area contributed by atoms with Crippen LogP contribution >= 0.6 is 34.7 Å². The van der Waals surface area contributed by atoms with Crippen molar-refractivity contribution in [2.45, 2.75) is 30.8 Å². The van der Waals surface area contributed by atoms with Crippen LogP contribution in [0.5, 0.6) is 0 Å². The number of nitrogens with zero attached hydrogens (tertiary/aromatic N) is 3. The number of carbonyl (C=O) groups excluding carboxylic acids is 1. The average molecular weight is 494 g/mol. The SMILES string of the molecule is O=C(CSc1nc2sc3c(c2c(=O)n1-c1ccc(Cl)cc1)CCC3)N1CCc2ccccc21. The van der Waals surface area contributed by atoms with Crippen molar-refractivity contribution < 1.29 is 4.79 Å². The maximum absolute atomic E-state index is 13.7. The highest BCUT2D eigenvalue weighted by molar-refractivity contribution is 7.99. The summed E-state index contributed by atoms with van der Waals surface area (Å²) in [5, 5.41) is 1.87. The number of carbonyl (C=O) groups is 1. The number of benzene rings is 2. The average Bonchev–Trinajstić information content (AvgIpc) is 3.52. The van der Waals surface area contributed by atoms with E-state index in [0.717, 1.165) is 47.2 Å². The number of anilines is 1. The van der Waals surface area contributed by atoms with Gasteiger partial charge in [0.1, 0.15) is 4.83 Å². The Morgan fingerprint density at radius 3 is 2.76 bits per heavy atom. The van der Waals surface area contributed by atoms with Crippen molar-refractivity contribution in [3.63, 3.8) is 0 Å². The molecule has 0 unspecified atom stereocenters. The Kier molecular flexibility index (Phi) is 5.28. The van der Waals surface area contributed by atoms with Crippen LogP contribution in [0.25, 0.3) is 15.9 Å². The van der Waals surface area contributed by atoms with Crippen LogP contribution in [0, 0.1) is 0 Å². The summed E-state index contributed by atoms with van der Waals surface area (Å²) >= 11 is 9.03. The summed E-state index contributed by atoms with van der Waals surface area (Å²) in [6.45, 7) is 0.687. The van der Waals surface area contributed by atoms with Crippen LogP contribution in [-0.2, 0) is 24.1 Å². The van der Waals surface area contributed by atoms with Gasteiger partial charge in [0.25, 0.3) is 5.56 Å². The lowest BCUT2D eigenvalue weighted by Crippen LogP contribution is -2.31. The molecule has 166 valence electrons. The van der Waals surface area contributed by atoms with Gasteiger partial charge >= 0.3 is 0 Å². The van der Waals surface area contributed by atoms with Gasteiger partial charge in [-0.2, -0.15) is 0 Å². The summed E-state index contributed by atoms with van der Waals surface area (Å²) in [5.74, 6) is 0.237. The Morgan fingerprint density at radius 2 is 1.91 bits per heavy atom. The van der Waals surface area contributed by atoms with Gasteiger partial charge in [0, 0.05) is 22.1 Å². The van der Waals surface area contributed by atoms with Crippen molar-refractivity contribution in [2.24, 2.45) is 0 Å². The van der Waals surface area contributed by atoms with Gasteiger partial charge in [-0.25, -0.2) is 4.98 Å². The zero-order chi connectivity index (χ0) is 22.5. The smallest absolute Gasteiger partial charge is 0.267 e. The van der Waals surface area contributed by atoms with Crippen LogP contribution in [0.3, 0.4) is 0 Å². The molecule has 0 atom stereocenters. The van der Waals surface area contributed by atoms with Gasteiger partial charge in [-0.1, -0.05) is 41.6 Å². The van der Waals surface area contributed by atoms with E-state index in [9.17, 15) is 9.59 Å². The molecule has 0 fully saturated rings. The number of aromatic nitrogens is 2. The number of rotatable bonds is 4. The molecule has 4 aromatic rings. The number of thiophene rings is 1. The maximum atomic E-state index is 13.7. The molecule has 0 radical (unpaired) electrons. The standard InChI is InChI=1S/C25H20ClN3O2S2/c26-16-8-10-17(11-9-16)29-24(31)22-18-5-3-7-20(18)33-23(22)27-25(29)32-14-21(30)28-13-12-15-4-1-2-6-19(15)28/h1-2,4,6,8-11H,3,5,7,12-14H2. The van der Waals surface area contributed by atoms with E-state index in [0.29, 0.717) is 22.4 Å². The summed E-state index contributed by atoms with van der Waals surface area (Å²) in [6.07, 6.45) is 3.88. The quantitative estimate of drug-likeness (QED) is 0.287. The fourth-order valence-electron chi connectivity index (χ4n) is 4.74. The first kappa shape index (κ1) is 21.0. The summed E-state index contributed by atoms with van der Waals surface area (Å²) in [5.41, 5.74) is 3.97. The van der Waals surface area contributed by atoms with E-state index >= 15 is 0 Å². The van der Waals surface area contributed by atoms with Crippen LogP contribution in [0.2, 0.25) is 5.02 Å². The van der Waals surface area contributed by atoms with Crippen molar-refractivity contribution >= 4 is 56.5 Å². The van der Waals surface area contributed by atoms with E-state index in [-0.39, 0.29) is 17.2 Å². The maximum Gasteiger partial charge on any atom is 0.267 e. The van der Waals surface area contributed by atoms with Gasteiger partial charge in [-0.05, 0) is 67.1 Å².